The van der Waals surface area contributed by atoms with E-state index >= 15 is 0 Å². The first-order chi connectivity index (χ1) is 9.13. The van der Waals surface area contributed by atoms with Crippen LogP contribution in [0.5, 0.6) is 5.75 Å². The van der Waals surface area contributed by atoms with Crippen molar-refractivity contribution in [1.29, 1.82) is 0 Å². The fraction of sp³-hybridized carbons (Fsp3) is 0.200. The molecule has 0 radical (unpaired) electrons. The van der Waals surface area contributed by atoms with E-state index in [4.69, 9.17) is 10.6 Å². The molecule has 0 heterocycles. The highest BCUT2D eigenvalue weighted by molar-refractivity contribution is 9.10. The molecule has 19 heavy (non-hydrogen) atoms. The topological polar surface area (TPSA) is 47.3 Å². The minimum Gasteiger partial charge on any atom is -0.497 e. The largest absolute Gasteiger partial charge is 0.497 e. The van der Waals surface area contributed by atoms with E-state index in [9.17, 15) is 0 Å². The van der Waals surface area contributed by atoms with Gasteiger partial charge in [-0.05, 0) is 47.9 Å². The first-order valence-electron chi connectivity index (χ1n) is 6.01. The van der Waals surface area contributed by atoms with Crippen molar-refractivity contribution in [3.63, 3.8) is 0 Å². The van der Waals surface area contributed by atoms with Gasteiger partial charge in [0.15, 0.2) is 0 Å². The summed E-state index contributed by atoms with van der Waals surface area (Å²) in [5.74, 6) is 6.55. The lowest BCUT2D eigenvalue weighted by molar-refractivity contribution is 0.413. The highest BCUT2D eigenvalue weighted by Crippen LogP contribution is 2.27. The third-order valence-electron chi connectivity index (χ3n) is 2.99. The fourth-order valence-electron chi connectivity index (χ4n) is 2.14. The molecule has 2 aromatic rings. The number of hydrazine groups is 1. The van der Waals surface area contributed by atoms with Gasteiger partial charge in [0, 0.05) is 4.47 Å². The maximum atomic E-state index is 5.72. The predicted octanol–water partition coefficient (Wildman–Crippen LogP) is 3.32. The molecule has 0 amide bonds. The van der Waals surface area contributed by atoms with E-state index in [1.54, 1.807) is 7.11 Å². The van der Waals surface area contributed by atoms with Crippen molar-refractivity contribution in [2.45, 2.75) is 13.0 Å². The Labute approximate surface area is 121 Å². The van der Waals surface area contributed by atoms with Crippen molar-refractivity contribution in [3.8, 4) is 5.75 Å². The minimum absolute atomic E-state index is 0.0636. The Kier molecular flexibility index (Phi) is 4.58. The van der Waals surface area contributed by atoms with Gasteiger partial charge in [0.1, 0.15) is 5.75 Å². The number of rotatable bonds is 4. The zero-order valence-electron chi connectivity index (χ0n) is 11.0. The predicted molar refractivity (Wildman–Crippen MR) is 81.0 cm³/mol. The molecule has 0 bridgehead atoms. The lowest BCUT2D eigenvalue weighted by atomic mass is 9.98. The summed E-state index contributed by atoms with van der Waals surface area (Å²) >= 11 is 3.52. The fourth-order valence-corrected chi connectivity index (χ4v) is 2.76. The van der Waals surface area contributed by atoms with Crippen LogP contribution in [-0.2, 0) is 0 Å². The van der Waals surface area contributed by atoms with Crippen LogP contribution in [0.15, 0.2) is 46.9 Å². The highest BCUT2D eigenvalue weighted by Gasteiger charge is 2.13. The monoisotopic (exact) mass is 320 g/mol. The van der Waals surface area contributed by atoms with Crippen molar-refractivity contribution in [2.75, 3.05) is 7.11 Å². The smallest absolute Gasteiger partial charge is 0.119 e. The lowest BCUT2D eigenvalue weighted by Gasteiger charge is -2.18. The molecule has 4 heteroatoms. The average Bonchev–Trinajstić information content (AvgIpc) is 2.39. The number of hydrogen-bond acceptors (Lipinski definition) is 3. The van der Waals surface area contributed by atoms with Crippen LogP contribution in [-0.4, -0.2) is 7.11 Å². The van der Waals surface area contributed by atoms with Crippen molar-refractivity contribution in [1.82, 2.24) is 5.43 Å². The molecule has 1 atom stereocenters. The van der Waals surface area contributed by atoms with E-state index in [1.807, 2.05) is 24.3 Å². The third-order valence-corrected chi connectivity index (χ3v) is 3.45. The van der Waals surface area contributed by atoms with Crippen LogP contribution in [0.4, 0.5) is 0 Å². The summed E-state index contributed by atoms with van der Waals surface area (Å²) in [5, 5.41) is 0. The number of aryl methyl sites for hydroxylation is 1. The van der Waals surface area contributed by atoms with Crippen molar-refractivity contribution >= 4 is 15.9 Å². The lowest BCUT2D eigenvalue weighted by Crippen LogP contribution is -2.28. The summed E-state index contributed by atoms with van der Waals surface area (Å²) in [6.45, 7) is 2.06. The van der Waals surface area contributed by atoms with E-state index in [0.29, 0.717) is 0 Å². The van der Waals surface area contributed by atoms with Crippen molar-refractivity contribution in [3.05, 3.63) is 63.6 Å². The first-order valence-corrected chi connectivity index (χ1v) is 6.80. The number of benzene rings is 2. The number of ether oxygens (including phenoxy) is 1. The average molecular weight is 321 g/mol. The molecule has 0 fully saturated rings. The van der Waals surface area contributed by atoms with E-state index in [-0.39, 0.29) is 6.04 Å². The van der Waals surface area contributed by atoms with Crippen LogP contribution in [0, 0.1) is 6.92 Å². The summed E-state index contributed by atoms with van der Waals surface area (Å²) in [4.78, 5) is 0. The van der Waals surface area contributed by atoms with Gasteiger partial charge in [0.05, 0.1) is 13.2 Å². The maximum absolute atomic E-state index is 5.72. The molecule has 2 rings (SSSR count). The minimum atomic E-state index is -0.0636. The van der Waals surface area contributed by atoms with E-state index in [1.165, 1.54) is 5.56 Å². The van der Waals surface area contributed by atoms with Crippen molar-refractivity contribution < 1.29 is 4.74 Å². The molecule has 3 nitrogen and oxygen atoms in total. The maximum Gasteiger partial charge on any atom is 0.119 e. The van der Waals surface area contributed by atoms with E-state index in [0.717, 1.165) is 21.3 Å². The molecular formula is C15H17BrN2O. The Morgan fingerprint density at radius 2 is 1.95 bits per heavy atom. The molecule has 100 valence electrons. The van der Waals surface area contributed by atoms with Gasteiger partial charge >= 0.3 is 0 Å². The molecule has 0 aromatic heterocycles. The van der Waals surface area contributed by atoms with Gasteiger partial charge in [-0.15, -0.1) is 0 Å². The zero-order valence-corrected chi connectivity index (χ0v) is 12.6. The Bertz CT molecular complexity index is 552. The van der Waals surface area contributed by atoms with Crippen LogP contribution in [0.2, 0.25) is 0 Å². The summed E-state index contributed by atoms with van der Waals surface area (Å²) in [6.07, 6.45) is 0. The van der Waals surface area contributed by atoms with E-state index < -0.39 is 0 Å². The van der Waals surface area contributed by atoms with Gasteiger partial charge in [-0.2, -0.15) is 0 Å². The zero-order chi connectivity index (χ0) is 13.8. The second-order valence-electron chi connectivity index (χ2n) is 4.44. The van der Waals surface area contributed by atoms with Gasteiger partial charge < -0.3 is 4.74 Å². The second-order valence-corrected chi connectivity index (χ2v) is 5.35. The van der Waals surface area contributed by atoms with Crippen molar-refractivity contribution in [2.24, 2.45) is 5.84 Å². The molecule has 0 saturated carbocycles. The summed E-state index contributed by atoms with van der Waals surface area (Å²) in [5.41, 5.74) is 6.23. The summed E-state index contributed by atoms with van der Waals surface area (Å²) < 4.78 is 6.30. The normalized spacial score (nSPS) is 12.2. The number of methoxy groups -OCH3 is 1. The number of nitrogens with two attached hydrogens (primary N) is 1. The van der Waals surface area contributed by atoms with Crippen LogP contribution >= 0.6 is 15.9 Å². The molecule has 3 N–H and O–H groups in total. The standard InChI is InChI=1S/C15H17BrN2O/c1-10-6-12(8-13(16)7-10)15(18-17)11-4-3-5-14(9-11)19-2/h3-9,15,18H,17H2,1-2H3. The Morgan fingerprint density at radius 3 is 2.58 bits per heavy atom. The number of halogens is 1. The quantitative estimate of drug-likeness (QED) is 0.671. The Hall–Kier alpha value is -1.36. The van der Waals surface area contributed by atoms with Gasteiger partial charge in [-0.1, -0.05) is 34.1 Å². The first kappa shape index (κ1) is 14.1. The van der Waals surface area contributed by atoms with Gasteiger partial charge in [0.25, 0.3) is 0 Å². The summed E-state index contributed by atoms with van der Waals surface area (Å²) in [7, 11) is 1.66. The van der Waals surface area contributed by atoms with Gasteiger partial charge in [-0.25, -0.2) is 5.43 Å². The molecule has 0 aliphatic carbocycles. The molecule has 0 aliphatic rings. The van der Waals surface area contributed by atoms with Crippen LogP contribution in [0.3, 0.4) is 0 Å². The van der Waals surface area contributed by atoms with Gasteiger partial charge in [0.2, 0.25) is 0 Å². The SMILES string of the molecule is COc1cccc(C(NN)c2cc(C)cc(Br)c2)c1. The van der Waals surface area contributed by atoms with Crippen LogP contribution < -0.4 is 16.0 Å². The Morgan fingerprint density at radius 1 is 1.16 bits per heavy atom. The van der Waals surface area contributed by atoms with Gasteiger partial charge in [-0.3, -0.25) is 5.84 Å². The van der Waals surface area contributed by atoms with E-state index in [2.05, 4.69) is 46.5 Å². The second kappa shape index (κ2) is 6.19. The molecule has 0 spiro atoms. The molecule has 0 saturated heterocycles. The number of nitrogens with one attached hydrogen (secondary N) is 1. The van der Waals surface area contributed by atoms with Crippen LogP contribution in [0.25, 0.3) is 0 Å². The molecule has 2 aromatic carbocycles. The Balaban J connectivity index is 2.43. The van der Waals surface area contributed by atoms with Crippen LogP contribution in [0.1, 0.15) is 22.7 Å². The highest BCUT2D eigenvalue weighted by atomic mass is 79.9. The molecular weight excluding hydrogens is 304 g/mol. The molecule has 1 unspecified atom stereocenters. The summed E-state index contributed by atoms with van der Waals surface area (Å²) in [6, 6.07) is 14.1. The number of hydrogen-bond donors (Lipinski definition) is 2. The third kappa shape index (κ3) is 3.35. The molecule has 0 aliphatic heterocycles.